The topological polar surface area (TPSA) is 92.6 Å². The number of carboxylic acid groups (broad SMARTS) is 1. The van der Waals surface area contributed by atoms with Crippen LogP contribution in [0.2, 0.25) is 0 Å². The highest BCUT2D eigenvalue weighted by Crippen LogP contribution is 2.29. The molecule has 0 aliphatic carbocycles. The van der Waals surface area contributed by atoms with Crippen LogP contribution in [0.15, 0.2) is 31.1 Å². The number of thioether (sulfide) groups is 1. The average Bonchev–Trinajstić information content (AvgIpc) is 3.17. The third-order valence-electron chi connectivity index (χ3n) is 3.96. The smallest absolute Gasteiger partial charge is 0.342 e. The molecule has 1 saturated heterocycles. The van der Waals surface area contributed by atoms with E-state index in [1.165, 1.54) is 18.9 Å². The van der Waals surface area contributed by atoms with Crippen molar-refractivity contribution in [3.63, 3.8) is 0 Å². The summed E-state index contributed by atoms with van der Waals surface area (Å²) in [5, 5.41) is 17.3. The zero-order chi connectivity index (χ0) is 17.6. The maximum absolute atomic E-state index is 11.5. The largest absolute Gasteiger partial charge is 0.477 e. The summed E-state index contributed by atoms with van der Waals surface area (Å²) in [5.41, 5.74) is 0. The highest BCUT2D eigenvalue weighted by atomic mass is 32.2. The van der Waals surface area contributed by atoms with Gasteiger partial charge in [-0.3, -0.25) is 0 Å². The number of hydrogen-bond donors (Lipinski definition) is 1. The molecule has 1 fully saturated rings. The summed E-state index contributed by atoms with van der Waals surface area (Å²) in [5.74, 6) is 0.705. The molecule has 0 aromatic carbocycles. The summed E-state index contributed by atoms with van der Waals surface area (Å²) < 4.78 is 11.2. The fourth-order valence-corrected chi connectivity index (χ4v) is 3.33. The number of rotatable bonds is 6. The second-order valence-electron chi connectivity index (χ2n) is 5.81. The van der Waals surface area contributed by atoms with Crippen LogP contribution in [0.3, 0.4) is 0 Å². The van der Waals surface area contributed by atoms with Crippen molar-refractivity contribution in [3.05, 3.63) is 28.7 Å². The first-order valence-corrected chi connectivity index (χ1v) is 9.27. The molecule has 0 bridgehead atoms. The lowest BCUT2D eigenvalue weighted by atomic mass is 10.2. The lowest BCUT2D eigenvalue weighted by Gasteiger charge is -2.18. The van der Waals surface area contributed by atoms with Crippen LogP contribution in [0.5, 0.6) is 0 Å². The van der Waals surface area contributed by atoms with Crippen molar-refractivity contribution < 1.29 is 18.7 Å². The molecule has 25 heavy (non-hydrogen) atoms. The van der Waals surface area contributed by atoms with Gasteiger partial charge in [0.2, 0.25) is 5.89 Å². The Bertz CT molecular complexity index is 745. The van der Waals surface area contributed by atoms with E-state index in [4.69, 9.17) is 8.83 Å². The molecule has 0 spiro atoms. The lowest BCUT2D eigenvalue weighted by Crippen LogP contribution is -2.23. The molecule has 0 atom stereocenters. The van der Waals surface area contributed by atoms with Crippen molar-refractivity contribution in [1.29, 1.82) is 0 Å². The van der Waals surface area contributed by atoms with Crippen LogP contribution >= 0.6 is 11.8 Å². The van der Waals surface area contributed by atoms with Gasteiger partial charge in [0.25, 0.3) is 5.22 Å². The van der Waals surface area contributed by atoms with Crippen LogP contribution < -0.4 is 4.90 Å². The van der Waals surface area contributed by atoms with Crippen LogP contribution in [0.1, 0.15) is 44.3 Å². The van der Waals surface area contributed by atoms with Gasteiger partial charge in [0, 0.05) is 31.7 Å². The van der Waals surface area contributed by atoms with Crippen LogP contribution in [0.4, 0.5) is 5.88 Å². The molecule has 134 valence electrons. The van der Waals surface area contributed by atoms with E-state index in [0.717, 1.165) is 43.6 Å². The summed E-state index contributed by atoms with van der Waals surface area (Å²) in [6.45, 7) is 3.83. The number of hydrogen-bond acceptors (Lipinski definition) is 7. The monoisotopic (exact) mass is 363 g/mol. The summed E-state index contributed by atoms with van der Waals surface area (Å²) in [7, 11) is 0. The molecule has 7 nitrogen and oxygen atoms in total. The quantitative estimate of drug-likeness (QED) is 0.611. The van der Waals surface area contributed by atoms with Crippen molar-refractivity contribution in [1.82, 2.24) is 10.2 Å². The first-order valence-electron chi connectivity index (χ1n) is 8.45. The van der Waals surface area contributed by atoms with Crippen molar-refractivity contribution in [3.8, 4) is 0 Å². The number of furan rings is 1. The van der Waals surface area contributed by atoms with Crippen LogP contribution in [0.25, 0.3) is 6.08 Å². The number of carbonyl (C=O) groups is 1. The fraction of sp³-hybridized carbons (Fsp3) is 0.471. The molecular formula is C17H21N3O4S. The Morgan fingerprint density at radius 3 is 2.64 bits per heavy atom. The van der Waals surface area contributed by atoms with Gasteiger partial charge in [0.05, 0.1) is 0 Å². The highest BCUT2D eigenvalue weighted by molar-refractivity contribution is 8.03. The second kappa shape index (κ2) is 8.24. The Balaban J connectivity index is 1.75. The minimum Gasteiger partial charge on any atom is -0.477 e. The minimum absolute atomic E-state index is 0.0723. The predicted molar refractivity (Wildman–Crippen MR) is 94.5 cm³/mol. The van der Waals surface area contributed by atoms with E-state index in [9.17, 15) is 9.90 Å². The molecular weight excluding hydrogens is 342 g/mol. The molecule has 1 N–H and O–H groups in total. The third-order valence-corrected chi connectivity index (χ3v) is 4.81. The van der Waals surface area contributed by atoms with Gasteiger partial charge in [-0.15, -0.1) is 10.2 Å². The first-order chi connectivity index (χ1) is 12.2. The molecule has 1 aliphatic heterocycles. The fourth-order valence-electron chi connectivity index (χ4n) is 2.66. The van der Waals surface area contributed by atoms with Crippen molar-refractivity contribution in [2.75, 3.05) is 18.0 Å². The Kier molecular flexibility index (Phi) is 5.80. The number of carboxylic acids is 1. The van der Waals surface area contributed by atoms with Gasteiger partial charge < -0.3 is 18.8 Å². The zero-order valence-electron chi connectivity index (χ0n) is 14.1. The number of aromatic nitrogens is 2. The number of aryl methyl sites for hydroxylation is 1. The van der Waals surface area contributed by atoms with Gasteiger partial charge in [0.15, 0.2) is 5.88 Å². The maximum Gasteiger partial charge on any atom is 0.342 e. The van der Waals surface area contributed by atoms with Gasteiger partial charge in [-0.2, -0.15) is 0 Å². The van der Waals surface area contributed by atoms with Gasteiger partial charge in [-0.25, -0.2) is 4.79 Å². The maximum atomic E-state index is 11.5. The Morgan fingerprint density at radius 1 is 1.24 bits per heavy atom. The lowest BCUT2D eigenvalue weighted by molar-refractivity contribution is -0.131. The van der Waals surface area contributed by atoms with E-state index in [1.807, 2.05) is 13.0 Å². The SMILES string of the molecule is CCc1nnc(S/C(=C\c2ccc(N3CCCCCC3)o2)C(=O)O)o1. The molecule has 0 saturated carbocycles. The van der Waals surface area contributed by atoms with E-state index in [1.54, 1.807) is 6.07 Å². The Morgan fingerprint density at radius 2 is 2.00 bits per heavy atom. The van der Waals surface area contributed by atoms with E-state index >= 15 is 0 Å². The van der Waals surface area contributed by atoms with E-state index in [-0.39, 0.29) is 10.1 Å². The molecule has 2 aromatic rings. The second-order valence-corrected chi connectivity index (χ2v) is 6.80. The molecule has 3 heterocycles. The molecule has 3 rings (SSSR count). The summed E-state index contributed by atoms with van der Waals surface area (Å²) in [4.78, 5) is 13.8. The van der Waals surface area contributed by atoms with Crippen LogP contribution in [-0.2, 0) is 11.2 Å². The van der Waals surface area contributed by atoms with E-state index in [0.29, 0.717) is 18.1 Å². The molecule has 0 amide bonds. The zero-order valence-corrected chi connectivity index (χ0v) is 14.9. The average molecular weight is 363 g/mol. The molecule has 8 heteroatoms. The van der Waals surface area contributed by atoms with Gasteiger partial charge in [0.1, 0.15) is 10.7 Å². The normalized spacial score (nSPS) is 16.0. The van der Waals surface area contributed by atoms with Crippen LogP contribution in [-0.4, -0.2) is 34.4 Å². The van der Waals surface area contributed by atoms with Crippen LogP contribution in [0, 0.1) is 0 Å². The standard InChI is InChI=1S/C17H21N3O4S/c1-2-14-18-19-17(24-14)25-13(16(21)22)11-12-7-8-15(23-12)20-9-5-3-4-6-10-20/h7-8,11H,2-6,9-10H2,1H3,(H,21,22)/b13-11-. The van der Waals surface area contributed by atoms with Crippen molar-refractivity contribution >= 4 is 29.7 Å². The molecule has 0 unspecified atom stereocenters. The van der Waals surface area contributed by atoms with E-state index in [2.05, 4.69) is 15.1 Å². The summed E-state index contributed by atoms with van der Waals surface area (Å²) in [6.07, 6.45) is 6.89. The van der Waals surface area contributed by atoms with Gasteiger partial charge >= 0.3 is 5.97 Å². The highest BCUT2D eigenvalue weighted by Gasteiger charge is 2.17. The number of nitrogens with zero attached hydrogens (tertiary/aromatic N) is 3. The summed E-state index contributed by atoms with van der Waals surface area (Å²) >= 11 is 0.924. The predicted octanol–water partition coefficient (Wildman–Crippen LogP) is 3.82. The minimum atomic E-state index is -1.06. The Hall–Kier alpha value is -2.22. The Labute approximate surface area is 150 Å². The summed E-state index contributed by atoms with van der Waals surface area (Å²) in [6, 6.07) is 3.68. The first kappa shape index (κ1) is 17.6. The molecule has 1 aliphatic rings. The molecule has 2 aromatic heterocycles. The number of aliphatic carboxylic acids is 1. The third kappa shape index (κ3) is 4.66. The van der Waals surface area contributed by atoms with Gasteiger partial charge in [-0.05, 0) is 30.7 Å². The van der Waals surface area contributed by atoms with E-state index < -0.39 is 5.97 Å². The van der Waals surface area contributed by atoms with Gasteiger partial charge in [-0.1, -0.05) is 19.8 Å². The molecule has 0 radical (unpaired) electrons. The number of anilines is 1. The van der Waals surface area contributed by atoms with Crippen molar-refractivity contribution in [2.24, 2.45) is 0 Å². The van der Waals surface area contributed by atoms with Crippen molar-refractivity contribution in [2.45, 2.75) is 44.3 Å².